The lowest BCUT2D eigenvalue weighted by atomic mass is 10.1. The highest BCUT2D eigenvalue weighted by atomic mass is 32.1. The number of rotatable bonds is 3. The van der Waals surface area contributed by atoms with Crippen molar-refractivity contribution in [1.29, 1.82) is 0 Å². The average molecular weight is 335 g/mol. The zero-order chi connectivity index (χ0) is 16.4. The van der Waals surface area contributed by atoms with Crippen molar-refractivity contribution in [1.82, 2.24) is 9.97 Å². The van der Waals surface area contributed by atoms with E-state index in [9.17, 15) is 13.2 Å². The molecule has 2 heterocycles. The fourth-order valence-corrected chi connectivity index (χ4v) is 2.95. The van der Waals surface area contributed by atoms with E-state index in [1.807, 2.05) is 11.4 Å². The van der Waals surface area contributed by atoms with Crippen LogP contribution < -0.4 is 5.73 Å². The summed E-state index contributed by atoms with van der Waals surface area (Å²) >= 11 is 1.41. The van der Waals surface area contributed by atoms with E-state index in [0.717, 1.165) is 28.4 Å². The number of hydrogen-bond acceptors (Lipinski definition) is 4. The third-order valence-corrected chi connectivity index (χ3v) is 4.09. The van der Waals surface area contributed by atoms with Crippen LogP contribution in [0.1, 0.15) is 16.1 Å². The normalized spacial score (nSPS) is 11.6. The van der Waals surface area contributed by atoms with Gasteiger partial charge in [-0.25, -0.2) is 9.97 Å². The number of pyridine rings is 1. The smallest absolute Gasteiger partial charge is 0.384 e. The van der Waals surface area contributed by atoms with Crippen LogP contribution in [0.15, 0.2) is 48.0 Å². The molecule has 0 radical (unpaired) electrons. The molecule has 0 saturated heterocycles. The number of benzene rings is 1. The first kappa shape index (κ1) is 15.5. The number of nitrogens with zero attached hydrogens (tertiary/aromatic N) is 2. The van der Waals surface area contributed by atoms with Gasteiger partial charge in [0.15, 0.2) is 0 Å². The zero-order valence-electron chi connectivity index (χ0n) is 11.8. The predicted molar refractivity (Wildman–Crippen MR) is 84.0 cm³/mol. The monoisotopic (exact) mass is 335 g/mol. The van der Waals surface area contributed by atoms with Gasteiger partial charge in [0, 0.05) is 23.6 Å². The highest BCUT2D eigenvalue weighted by Gasteiger charge is 2.30. The zero-order valence-corrected chi connectivity index (χ0v) is 12.7. The van der Waals surface area contributed by atoms with Crippen LogP contribution in [0.2, 0.25) is 0 Å². The van der Waals surface area contributed by atoms with Crippen LogP contribution >= 0.6 is 11.3 Å². The SMILES string of the molecule is Nc1ccc(-c2csc(Cc3cccc(C(F)(F)F)c3)n2)cn1. The van der Waals surface area contributed by atoms with Crippen molar-refractivity contribution in [3.63, 3.8) is 0 Å². The first-order chi connectivity index (χ1) is 10.9. The van der Waals surface area contributed by atoms with Crippen LogP contribution in [0, 0.1) is 0 Å². The molecule has 0 saturated carbocycles. The molecule has 2 aromatic heterocycles. The number of hydrogen-bond donors (Lipinski definition) is 1. The Morgan fingerprint density at radius 3 is 2.65 bits per heavy atom. The molecule has 0 aliphatic rings. The Bertz CT molecular complexity index is 810. The summed E-state index contributed by atoms with van der Waals surface area (Å²) in [6.45, 7) is 0. The van der Waals surface area contributed by atoms with Gasteiger partial charge in [-0.05, 0) is 23.8 Å². The summed E-state index contributed by atoms with van der Waals surface area (Å²) in [6.07, 6.45) is -2.35. The number of halogens is 3. The highest BCUT2D eigenvalue weighted by molar-refractivity contribution is 7.10. The van der Waals surface area contributed by atoms with E-state index < -0.39 is 11.7 Å². The standard InChI is InChI=1S/C16H12F3N3S/c17-16(18,19)12-3-1-2-10(6-12)7-15-22-13(9-23-15)11-4-5-14(20)21-8-11/h1-6,8-9H,7H2,(H2,20,21). The van der Waals surface area contributed by atoms with Crippen LogP contribution in [0.4, 0.5) is 19.0 Å². The van der Waals surface area contributed by atoms with Crippen molar-refractivity contribution in [3.8, 4) is 11.3 Å². The Morgan fingerprint density at radius 2 is 1.96 bits per heavy atom. The van der Waals surface area contributed by atoms with Crippen LogP contribution in [0.25, 0.3) is 11.3 Å². The van der Waals surface area contributed by atoms with E-state index in [0.29, 0.717) is 17.8 Å². The number of anilines is 1. The fourth-order valence-electron chi connectivity index (χ4n) is 2.11. The minimum Gasteiger partial charge on any atom is -0.384 e. The van der Waals surface area contributed by atoms with Gasteiger partial charge in [-0.15, -0.1) is 11.3 Å². The van der Waals surface area contributed by atoms with Crippen molar-refractivity contribution in [2.45, 2.75) is 12.6 Å². The number of nitrogens with two attached hydrogens (primary N) is 1. The van der Waals surface area contributed by atoms with Crippen LogP contribution in [0.5, 0.6) is 0 Å². The molecule has 23 heavy (non-hydrogen) atoms. The Kier molecular flexibility index (Phi) is 4.04. The minimum atomic E-state index is -4.33. The van der Waals surface area contributed by atoms with E-state index >= 15 is 0 Å². The van der Waals surface area contributed by atoms with E-state index in [4.69, 9.17) is 5.73 Å². The van der Waals surface area contributed by atoms with Gasteiger partial charge >= 0.3 is 6.18 Å². The molecule has 0 bridgehead atoms. The lowest BCUT2D eigenvalue weighted by Gasteiger charge is -2.07. The van der Waals surface area contributed by atoms with E-state index in [-0.39, 0.29) is 0 Å². The number of alkyl halides is 3. The lowest BCUT2D eigenvalue weighted by molar-refractivity contribution is -0.137. The number of nitrogen functional groups attached to an aromatic ring is 1. The molecular weight excluding hydrogens is 323 g/mol. The molecule has 3 rings (SSSR count). The van der Waals surface area contributed by atoms with Crippen molar-refractivity contribution >= 4 is 17.2 Å². The summed E-state index contributed by atoms with van der Waals surface area (Å²) in [4.78, 5) is 8.46. The summed E-state index contributed by atoms with van der Waals surface area (Å²) in [5.74, 6) is 0.424. The molecule has 0 atom stereocenters. The number of aromatic nitrogens is 2. The summed E-state index contributed by atoms with van der Waals surface area (Å²) in [6, 6.07) is 8.80. The first-order valence-electron chi connectivity index (χ1n) is 6.74. The Balaban J connectivity index is 1.81. The van der Waals surface area contributed by atoms with Gasteiger partial charge in [0.2, 0.25) is 0 Å². The average Bonchev–Trinajstić information content (AvgIpc) is 2.96. The third kappa shape index (κ3) is 3.68. The first-order valence-corrected chi connectivity index (χ1v) is 7.62. The van der Waals surface area contributed by atoms with Gasteiger partial charge in [-0.1, -0.05) is 18.2 Å². The second-order valence-corrected chi connectivity index (χ2v) is 5.92. The molecule has 0 spiro atoms. The molecule has 118 valence electrons. The van der Waals surface area contributed by atoms with E-state index in [2.05, 4.69) is 9.97 Å². The summed E-state index contributed by atoms with van der Waals surface area (Å²) in [5.41, 5.74) is 7.04. The predicted octanol–water partition coefficient (Wildman–Crippen LogP) is 4.40. The third-order valence-electron chi connectivity index (χ3n) is 3.24. The van der Waals surface area contributed by atoms with Crippen LogP contribution in [0.3, 0.4) is 0 Å². The fraction of sp³-hybridized carbons (Fsp3) is 0.125. The second-order valence-electron chi connectivity index (χ2n) is 4.97. The Hall–Kier alpha value is -2.41. The molecule has 3 aromatic rings. The molecule has 0 fully saturated rings. The maximum atomic E-state index is 12.7. The largest absolute Gasteiger partial charge is 0.416 e. The van der Waals surface area contributed by atoms with Gasteiger partial charge in [0.05, 0.1) is 16.3 Å². The second kappa shape index (κ2) is 6.00. The molecule has 0 unspecified atom stereocenters. The molecule has 0 amide bonds. The van der Waals surface area contributed by atoms with Crippen molar-refractivity contribution < 1.29 is 13.2 Å². The molecule has 2 N–H and O–H groups in total. The lowest BCUT2D eigenvalue weighted by Crippen LogP contribution is -2.05. The summed E-state index contributed by atoms with van der Waals surface area (Å²) < 4.78 is 38.2. The molecule has 0 aliphatic carbocycles. The maximum Gasteiger partial charge on any atom is 0.416 e. The van der Waals surface area contributed by atoms with E-state index in [1.165, 1.54) is 17.4 Å². The molecule has 7 heteroatoms. The summed E-state index contributed by atoms with van der Waals surface area (Å²) in [7, 11) is 0. The Morgan fingerprint density at radius 1 is 1.13 bits per heavy atom. The summed E-state index contributed by atoms with van der Waals surface area (Å²) in [5, 5.41) is 2.60. The van der Waals surface area contributed by atoms with Gasteiger partial charge in [0.25, 0.3) is 0 Å². The van der Waals surface area contributed by atoms with Crippen molar-refractivity contribution in [2.24, 2.45) is 0 Å². The van der Waals surface area contributed by atoms with Gasteiger partial charge in [0.1, 0.15) is 5.82 Å². The maximum absolute atomic E-state index is 12.7. The molecule has 0 aliphatic heterocycles. The topological polar surface area (TPSA) is 51.8 Å². The minimum absolute atomic E-state index is 0.358. The quantitative estimate of drug-likeness (QED) is 0.772. The Labute approximate surface area is 134 Å². The van der Waals surface area contributed by atoms with Crippen LogP contribution in [-0.2, 0) is 12.6 Å². The van der Waals surface area contributed by atoms with Crippen molar-refractivity contribution in [2.75, 3.05) is 5.73 Å². The molecule has 3 nitrogen and oxygen atoms in total. The van der Waals surface area contributed by atoms with Gasteiger partial charge in [-0.2, -0.15) is 13.2 Å². The molecular formula is C16H12F3N3S. The molecule has 1 aromatic carbocycles. The van der Waals surface area contributed by atoms with E-state index in [1.54, 1.807) is 18.3 Å². The highest BCUT2D eigenvalue weighted by Crippen LogP contribution is 2.30. The van der Waals surface area contributed by atoms with Crippen LogP contribution in [-0.4, -0.2) is 9.97 Å². The number of thiazole rings is 1. The van der Waals surface area contributed by atoms with Gasteiger partial charge < -0.3 is 5.73 Å². The van der Waals surface area contributed by atoms with Crippen molar-refractivity contribution in [3.05, 3.63) is 64.1 Å². The van der Waals surface area contributed by atoms with Gasteiger partial charge in [-0.3, -0.25) is 0 Å².